The van der Waals surface area contributed by atoms with Gasteiger partial charge in [-0.15, -0.1) is 0 Å². The van der Waals surface area contributed by atoms with Gasteiger partial charge in [0.2, 0.25) is 5.82 Å². The molecule has 0 fully saturated rings. The van der Waals surface area contributed by atoms with Crippen LogP contribution in [0, 0.1) is 15.9 Å². The molecule has 0 aliphatic rings. The molecule has 7 heteroatoms. The summed E-state index contributed by atoms with van der Waals surface area (Å²) in [6.07, 6.45) is 2.30. The van der Waals surface area contributed by atoms with Crippen LogP contribution in [0.15, 0.2) is 30.5 Å². The van der Waals surface area contributed by atoms with Gasteiger partial charge < -0.3 is 4.74 Å². The van der Waals surface area contributed by atoms with E-state index in [9.17, 15) is 14.5 Å². The fourth-order valence-electron chi connectivity index (χ4n) is 1.65. The third kappa shape index (κ3) is 3.06. The molecular weight excluding hydrogens is 253 g/mol. The molecule has 1 aromatic carbocycles. The Balaban J connectivity index is 1.95. The van der Waals surface area contributed by atoms with E-state index < -0.39 is 16.4 Å². The first-order valence-corrected chi connectivity index (χ1v) is 5.61. The highest BCUT2D eigenvalue weighted by Crippen LogP contribution is 2.22. The molecule has 0 radical (unpaired) electrons. The van der Waals surface area contributed by atoms with Gasteiger partial charge in [0.15, 0.2) is 0 Å². The number of benzene rings is 1. The smallest absolute Gasteiger partial charge is 0.305 e. The summed E-state index contributed by atoms with van der Waals surface area (Å²) in [6, 6.07) is 5.35. The van der Waals surface area contributed by atoms with Crippen LogP contribution in [0.1, 0.15) is 5.69 Å². The quantitative estimate of drug-likeness (QED) is 0.613. The van der Waals surface area contributed by atoms with Crippen molar-refractivity contribution in [2.75, 3.05) is 6.61 Å². The van der Waals surface area contributed by atoms with Crippen LogP contribution < -0.4 is 4.74 Å². The zero-order valence-electron chi connectivity index (χ0n) is 10.2. The molecule has 0 aliphatic carbocycles. The molecule has 0 aliphatic heterocycles. The van der Waals surface area contributed by atoms with Crippen LogP contribution in [0.5, 0.6) is 5.75 Å². The number of halogens is 1. The molecule has 0 bridgehead atoms. The third-order valence-corrected chi connectivity index (χ3v) is 2.67. The SMILES string of the molecule is Cn1nccc1CCOc1ccc([N+](=O)[O-])c(F)c1. The zero-order valence-corrected chi connectivity index (χ0v) is 10.2. The highest BCUT2D eigenvalue weighted by Gasteiger charge is 2.14. The van der Waals surface area contributed by atoms with Gasteiger partial charge in [-0.25, -0.2) is 0 Å². The average Bonchev–Trinajstić information content (AvgIpc) is 2.75. The molecule has 0 saturated carbocycles. The molecule has 0 spiro atoms. The molecule has 0 amide bonds. The van der Waals surface area contributed by atoms with E-state index in [1.54, 1.807) is 10.9 Å². The number of nitrogens with zero attached hydrogens (tertiary/aromatic N) is 3. The van der Waals surface area contributed by atoms with Crippen LogP contribution >= 0.6 is 0 Å². The van der Waals surface area contributed by atoms with Gasteiger partial charge >= 0.3 is 5.69 Å². The second-order valence-electron chi connectivity index (χ2n) is 3.91. The van der Waals surface area contributed by atoms with E-state index in [1.807, 2.05) is 13.1 Å². The van der Waals surface area contributed by atoms with Gasteiger partial charge in [0.25, 0.3) is 0 Å². The van der Waals surface area contributed by atoms with Crippen molar-refractivity contribution in [3.8, 4) is 5.75 Å². The van der Waals surface area contributed by atoms with E-state index >= 15 is 0 Å². The molecule has 0 saturated heterocycles. The van der Waals surface area contributed by atoms with Crippen molar-refractivity contribution in [2.45, 2.75) is 6.42 Å². The summed E-state index contributed by atoms with van der Waals surface area (Å²) >= 11 is 0. The Hall–Kier alpha value is -2.44. The van der Waals surface area contributed by atoms with Crippen molar-refractivity contribution < 1.29 is 14.1 Å². The highest BCUT2D eigenvalue weighted by atomic mass is 19.1. The standard InChI is InChI=1S/C12H12FN3O3/c1-15-9(4-6-14-15)5-7-19-10-2-3-12(16(17)18)11(13)8-10/h2-4,6,8H,5,7H2,1H3. The van der Waals surface area contributed by atoms with Gasteiger partial charge in [0, 0.05) is 37.5 Å². The maximum Gasteiger partial charge on any atom is 0.305 e. The Bertz CT molecular complexity index is 598. The first kappa shape index (κ1) is 13.0. The van der Waals surface area contributed by atoms with E-state index in [-0.39, 0.29) is 5.75 Å². The van der Waals surface area contributed by atoms with Crippen molar-refractivity contribution in [3.63, 3.8) is 0 Å². The number of nitro benzene ring substituents is 1. The second kappa shape index (κ2) is 5.47. The predicted molar refractivity (Wildman–Crippen MR) is 65.5 cm³/mol. The number of rotatable bonds is 5. The molecule has 6 nitrogen and oxygen atoms in total. The zero-order chi connectivity index (χ0) is 13.8. The normalized spacial score (nSPS) is 10.4. The second-order valence-corrected chi connectivity index (χ2v) is 3.91. The van der Waals surface area contributed by atoms with Gasteiger partial charge in [0.05, 0.1) is 11.5 Å². The third-order valence-electron chi connectivity index (χ3n) is 2.67. The van der Waals surface area contributed by atoms with Crippen LogP contribution in [0.25, 0.3) is 0 Å². The fraction of sp³-hybridized carbons (Fsp3) is 0.250. The Kier molecular flexibility index (Phi) is 3.74. The fourth-order valence-corrected chi connectivity index (χ4v) is 1.65. The molecular formula is C12H12FN3O3. The maximum absolute atomic E-state index is 13.3. The monoisotopic (exact) mass is 265 g/mol. The number of hydrogen-bond acceptors (Lipinski definition) is 4. The molecule has 100 valence electrons. The number of aryl methyl sites for hydroxylation is 1. The largest absolute Gasteiger partial charge is 0.493 e. The Morgan fingerprint density at radius 2 is 2.26 bits per heavy atom. The molecule has 1 heterocycles. The summed E-state index contributed by atoms with van der Waals surface area (Å²) in [4.78, 5) is 9.69. The summed E-state index contributed by atoms with van der Waals surface area (Å²) in [5.74, 6) is -0.631. The molecule has 2 rings (SSSR count). The van der Waals surface area contributed by atoms with E-state index in [2.05, 4.69) is 5.10 Å². The number of nitro groups is 1. The van der Waals surface area contributed by atoms with Crippen molar-refractivity contribution in [2.24, 2.45) is 7.05 Å². The van der Waals surface area contributed by atoms with E-state index in [1.165, 1.54) is 6.07 Å². The van der Waals surface area contributed by atoms with E-state index in [4.69, 9.17) is 4.74 Å². The molecule has 19 heavy (non-hydrogen) atoms. The predicted octanol–water partition coefficient (Wildman–Crippen LogP) is 2.09. The summed E-state index contributed by atoms with van der Waals surface area (Å²) in [6.45, 7) is 0.344. The van der Waals surface area contributed by atoms with Crippen LogP contribution in [-0.2, 0) is 13.5 Å². The topological polar surface area (TPSA) is 70.2 Å². The van der Waals surface area contributed by atoms with Crippen LogP contribution in [-0.4, -0.2) is 21.3 Å². The molecule has 0 unspecified atom stereocenters. The summed E-state index contributed by atoms with van der Waals surface area (Å²) in [5.41, 5.74) is 0.432. The number of hydrogen-bond donors (Lipinski definition) is 0. The van der Waals surface area contributed by atoms with Gasteiger partial charge in [-0.2, -0.15) is 9.49 Å². The lowest BCUT2D eigenvalue weighted by Crippen LogP contribution is -2.06. The van der Waals surface area contributed by atoms with Crippen molar-refractivity contribution in [1.82, 2.24) is 9.78 Å². The maximum atomic E-state index is 13.3. The van der Waals surface area contributed by atoms with Gasteiger partial charge in [-0.1, -0.05) is 0 Å². The summed E-state index contributed by atoms with van der Waals surface area (Å²) in [5, 5.41) is 14.5. The minimum atomic E-state index is -0.900. The minimum absolute atomic E-state index is 0.269. The van der Waals surface area contributed by atoms with Gasteiger partial charge in [-0.05, 0) is 12.1 Å². The average molecular weight is 265 g/mol. The van der Waals surface area contributed by atoms with E-state index in [0.717, 1.165) is 17.8 Å². The highest BCUT2D eigenvalue weighted by molar-refractivity contribution is 5.37. The van der Waals surface area contributed by atoms with E-state index in [0.29, 0.717) is 13.0 Å². The summed E-state index contributed by atoms with van der Waals surface area (Å²) < 4.78 is 20.4. The van der Waals surface area contributed by atoms with Gasteiger partial charge in [0.1, 0.15) is 5.75 Å². The van der Waals surface area contributed by atoms with Gasteiger partial charge in [-0.3, -0.25) is 14.8 Å². The summed E-state index contributed by atoms with van der Waals surface area (Å²) in [7, 11) is 1.82. The number of aromatic nitrogens is 2. The molecule has 2 aromatic rings. The molecule has 1 aromatic heterocycles. The lowest BCUT2D eigenvalue weighted by Gasteiger charge is -2.06. The van der Waals surface area contributed by atoms with Crippen molar-refractivity contribution >= 4 is 5.69 Å². The Morgan fingerprint density at radius 1 is 1.47 bits per heavy atom. The lowest BCUT2D eigenvalue weighted by atomic mass is 10.3. The number of ether oxygens (including phenoxy) is 1. The molecule has 0 atom stereocenters. The minimum Gasteiger partial charge on any atom is -0.493 e. The van der Waals surface area contributed by atoms with Crippen LogP contribution in [0.3, 0.4) is 0 Å². The first-order valence-electron chi connectivity index (χ1n) is 5.61. The lowest BCUT2D eigenvalue weighted by molar-refractivity contribution is -0.387. The Morgan fingerprint density at radius 3 is 2.84 bits per heavy atom. The van der Waals surface area contributed by atoms with Crippen molar-refractivity contribution in [3.05, 3.63) is 52.1 Å². The van der Waals surface area contributed by atoms with Crippen LogP contribution in [0.4, 0.5) is 10.1 Å². The first-order chi connectivity index (χ1) is 9.08. The Labute approximate surface area is 108 Å². The van der Waals surface area contributed by atoms with Crippen molar-refractivity contribution in [1.29, 1.82) is 0 Å². The van der Waals surface area contributed by atoms with Crippen LogP contribution in [0.2, 0.25) is 0 Å². The molecule has 0 N–H and O–H groups in total.